The molecule has 2 atom stereocenters. The van der Waals surface area contributed by atoms with Gasteiger partial charge in [-0.2, -0.15) is 4.98 Å². The number of aliphatic hydroxyl groups is 1. The maximum absolute atomic E-state index is 13.1. The Bertz CT molecular complexity index is 1240. The lowest BCUT2D eigenvalue weighted by Gasteiger charge is -2.27. The van der Waals surface area contributed by atoms with Gasteiger partial charge in [-0.15, -0.1) is 11.3 Å². The summed E-state index contributed by atoms with van der Waals surface area (Å²) in [6.07, 6.45) is 1.73. The molecule has 3 heterocycles. The van der Waals surface area contributed by atoms with Crippen LogP contribution in [-0.4, -0.2) is 75.0 Å². The first-order valence-electron chi connectivity index (χ1n) is 11.0. The van der Waals surface area contributed by atoms with E-state index in [2.05, 4.69) is 31.2 Å². The number of ether oxygens (including phenoxy) is 1. The fraction of sp³-hybridized carbons (Fsp3) is 0.304. The number of anilines is 3. The molecule has 4 rings (SSSR count). The Kier molecular flexibility index (Phi) is 7.86. The Morgan fingerprint density at radius 3 is 2.69 bits per heavy atom. The van der Waals surface area contributed by atoms with Crippen LogP contribution in [-0.2, 0) is 14.4 Å². The summed E-state index contributed by atoms with van der Waals surface area (Å²) in [6.45, 7) is 3.63. The Labute approximate surface area is 208 Å². The molecule has 12 heteroatoms. The summed E-state index contributed by atoms with van der Waals surface area (Å²) in [5, 5.41) is 17.8. The van der Waals surface area contributed by atoms with Crippen LogP contribution in [0, 0.1) is 0 Å². The van der Waals surface area contributed by atoms with Crippen molar-refractivity contribution in [1.29, 1.82) is 0 Å². The van der Waals surface area contributed by atoms with Crippen molar-refractivity contribution >= 4 is 50.4 Å². The molecule has 2 aromatic heterocycles. The van der Waals surface area contributed by atoms with E-state index in [0.717, 1.165) is 10.4 Å². The SMILES string of the molecule is C=S(=O)(NC(=O)N1CCOCC1)c1ccc(Nc2ncc(-c3cccs3)c(N[C@H](C)CO)n2)cc1. The highest BCUT2D eigenvalue weighted by atomic mass is 32.2. The van der Waals surface area contributed by atoms with Crippen molar-refractivity contribution in [2.45, 2.75) is 17.9 Å². The number of hydrogen-bond acceptors (Lipinski definition) is 9. The van der Waals surface area contributed by atoms with Crippen molar-refractivity contribution in [2.24, 2.45) is 0 Å². The minimum Gasteiger partial charge on any atom is -0.394 e. The van der Waals surface area contributed by atoms with Crippen molar-refractivity contribution < 1.29 is 18.8 Å². The lowest BCUT2D eigenvalue weighted by Crippen LogP contribution is -2.47. The summed E-state index contributed by atoms with van der Waals surface area (Å²) in [4.78, 5) is 24.4. The highest BCUT2D eigenvalue weighted by Gasteiger charge is 2.20. The minimum absolute atomic E-state index is 0.0372. The normalized spacial score (nSPS) is 16.2. The van der Waals surface area contributed by atoms with Gasteiger partial charge in [0.15, 0.2) is 0 Å². The molecule has 0 bridgehead atoms. The first-order chi connectivity index (χ1) is 16.9. The average Bonchev–Trinajstić information content (AvgIpc) is 3.39. The van der Waals surface area contributed by atoms with Gasteiger partial charge in [-0.05, 0) is 48.5 Å². The van der Waals surface area contributed by atoms with Crippen LogP contribution < -0.4 is 15.4 Å². The number of aliphatic hydroxyl groups excluding tert-OH is 1. The molecule has 1 aliphatic heterocycles. The zero-order valence-electron chi connectivity index (χ0n) is 19.3. The van der Waals surface area contributed by atoms with Gasteiger partial charge < -0.3 is 25.4 Å². The third-order valence-corrected chi connectivity index (χ3v) is 7.72. The van der Waals surface area contributed by atoms with Gasteiger partial charge in [0.05, 0.1) is 35.1 Å². The van der Waals surface area contributed by atoms with E-state index in [1.54, 1.807) is 46.7 Å². The van der Waals surface area contributed by atoms with Gasteiger partial charge in [0, 0.05) is 40.8 Å². The number of urea groups is 1. The maximum Gasteiger partial charge on any atom is 0.329 e. The molecule has 1 aromatic carbocycles. The summed E-state index contributed by atoms with van der Waals surface area (Å²) >= 11 is 1.58. The predicted molar refractivity (Wildman–Crippen MR) is 140 cm³/mol. The first-order valence-corrected chi connectivity index (χ1v) is 13.6. The summed E-state index contributed by atoms with van der Waals surface area (Å²) in [5.74, 6) is 4.70. The lowest BCUT2D eigenvalue weighted by atomic mass is 10.2. The zero-order valence-corrected chi connectivity index (χ0v) is 20.9. The van der Waals surface area contributed by atoms with Crippen LogP contribution in [0.2, 0.25) is 0 Å². The number of benzene rings is 1. The molecule has 0 saturated carbocycles. The highest BCUT2D eigenvalue weighted by Crippen LogP contribution is 2.31. The molecule has 0 aliphatic carbocycles. The number of morpholine rings is 1. The lowest BCUT2D eigenvalue weighted by molar-refractivity contribution is 0.0546. The van der Waals surface area contributed by atoms with Crippen LogP contribution in [0.4, 0.5) is 22.2 Å². The molecule has 10 nitrogen and oxygen atoms in total. The number of rotatable bonds is 8. The number of carbonyl (C=O) groups excluding carboxylic acids is 1. The predicted octanol–water partition coefficient (Wildman–Crippen LogP) is 2.77. The van der Waals surface area contributed by atoms with Gasteiger partial charge in [0.25, 0.3) is 0 Å². The Morgan fingerprint density at radius 1 is 1.29 bits per heavy atom. The fourth-order valence-corrected chi connectivity index (χ4v) is 5.20. The molecule has 0 spiro atoms. The van der Waals surface area contributed by atoms with Crippen molar-refractivity contribution in [3.63, 3.8) is 0 Å². The smallest absolute Gasteiger partial charge is 0.329 e. The molecular formula is C23H28N6O4S2. The monoisotopic (exact) mass is 516 g/mol. The number of aromatic nitrogens is 2. The van der Waals surface area contributed by atoms with Gasteiger partial charge in [-0.25, -0.2) is 14.0 Å². The number of hydrogen-bond donors (Lipinski definition) is 4. The van der Waals surface area contributed by atoms with E-state index in [1.165, 1.54) is 0 Å². The molecule has 0 radical (unpaired) electrons. The summed E-state index contributed by atoms with van der Waals surface area (Å²) in [7, 11) is -3.03. The standard InChI is InChI=1S/C23H28N6O4S2/c1-16(15-30)25-21-19(20-4-3-13-34-20)14-24-22(27-21)26-17-5-7-18(8-6-17)35(2,32)28-23(31)29-9-11-33-12-10-29/h3-8,13-14,16,30H,2,9-12,15H2,1H3,(H,28,31,32)(H2,24,25,26,27)/t16-,35?/m1/s1. The van der Waals surface area contributed by atoms with E-state index in [4.69, 9.17) is 4.74 Å². The van der Waals surface area contributed by atoms with E-state index >= 15 is 0 Å². The van der Waals surface area contributed by atoms with Gasteiger partial charge in [0.1, 0.15) is 5.82 Å². The topological polar surface area (TPSA) is 129 Å². The van der Waals surface area contributed by atoms with Crippen LogP contribution in [0.1, 0.15) is 6.92 Å². The van der Waals surface area contributed by atoms with Crippen LogP contribution in [0.25, 0.3) is 10.4 Å². The molecule has 1 fully saturated rings. The number of nitrogens with zero attached hydrogens (tertiary/aromatic N) is 3. The highest BCUT2D eigenvalue weighted by molar-refractivity contribution is 7.99. The van der Waals surface area contributed by atoms with Gasteiger partial charge in [0.2, 0.25) is 5.95 Å². The molecule has 186 valence electrons. The summed E-state index contributed by atoms with van der Waals surface area (Å²) < 4.78 is 20.8. The molecule has 1 unspecified atom stereocenters. The average molecular weight is 517 g/mol. The molecular weight excluding hydrogens is 488 g/mol. The van der Waals surface area contributed by atoms with Gasteiger partial charge in [-0.3, -0.25) is 4.72 Å². The van der Waals surface area contributed by atoms with Gasteiger partial charge >= 0.3 is 6.03 Å². The van der Waals surface area contributed by atoms with Crippen molar-refractivity contribution in [3.8, 4) is 10.4 Å². The largest absolute Gasteiger partial charge is 0.394 e. The second-order valence-electron chi connectivity index (χ2n) is 7.99. The van der Waals surface area contributed by atoms with E-state index in [1.807, 2.05) is 24.4 Å². The number of thiophene rings is 1. The van der Waals surface area contributed by atoms with Crippen LogP contribution in [0.5, 0.6) is 0 Å². The third kappa shape index (κ3) is 6.28. The number of amides is 2. The van der Waals surface area contributed by atoms with E-state index in [-0.39, 0.29) is 12.6 Å². The Morgan fingerprint density at radius 2 is 2.03 bits per heavy atom. The minimum atomic E-state index is -3.03. The Hall–Kier alpha value is -3.19. The van der Waals surface area contributed by atoms with Crippen molar-refractivity contribution in [1.82, 2.24) is 19.6 Å². The van der Waals surface area contributed by atoms with E-state index in [0.29, 0.717) is 48.7 Å². The van der Waals surface area contributed by atoms with Crippen molar-refractivity contribution in [2.75, 3.05) is 43.5 Å². The van der Waals surface area contributed by atoms with Crippen LogP contribution in [0.3, 0.4) is 0 Å². The van der Waals surface area contributed by atoms with E-state index in [9.17, 15) is 14.1 Å². The fourth-order valence-electron chi connectivity index (χ4n) is 3.36. The molecule has 2 amide bonds. The molecule has 1 aliphatic rings. The summed E-state index contributed by atoms with van der Waals surface area (Å²) in [6, 6.07) is 10.1. The molecule has 3 aromatic rings. The van der Waals surface area contributed by atoms with Gasteiger partial charge in [-0.1, -0.05) is 6.07 Å². The van der Waals surface area contributed by atoms with Crippen molar-refractivity contribution in [3.05, 3.63) is 48.0 Å². The zero-order chi connectivity index (χ0) is 24.8. The van der Waals surface area contributed by atoms with Crippen LogP contribution in [0.15, 0.2) is 52.9 Å². The third-order valence-electron chi connectivity index (χ3n) is 5.27. The Balaban J connectivity index is 1.48. The number of nitrogens with one attached hydrogen (secondary N) is 3. The quantitative estimate of drug-likeness (QED) is 0.337. The second-order valence-corrected chi connectivity index (χ2v) is 11.0. The van der Waals surface area contributed by atoms with Crippen LogP contribution >= 0.6 is 11.3 Å². The molecule has 4 N–H and O–H groups in total. The van der Waals surface area contributed by atoms with E-state index < -0.39 is 15.7 Å². The first kappa shape index (κ1) is 24.9. The number of carbonyl (C=O) groups is 1. The second kappa shape index (κ2) is 11.0. The summed E-state index contributed by atoms with van der Waals surface area (Å²) in [5.41, 5.74) is 1.52. The maximum atomic E-state index is 13.1. The molecule has 1 saturated heterocycles. The molecule has 35 heavy (non-hydrogen) atoms.